The molecule has 0 saturated carbocycles. The molecule has 1 aromatic rings. The van der Waals surface area contributed by atoms with E-state index in [9.17, 15) is 13.2 Å². The zero-order valence-corrected chi connectivity index (χ0v) is 7.67. The normalized spacial score (nSPS) is 14.5. The first-order chi connectivity index (χ1) is 5.84. The van der Waals surface area contributed by atoms with Gasteiger partial charge >= 0.3 is 6.18 Å². The quantitative estimate of drug-likeness (QED) is 0.746. The van der Waals surface area contributed by atoms with Crippen LogP contribution >= 0.6 is 11.3 Å². The molecule has 0 fully saturated rings. The highest BCUT2D eigenvalue weighted by Gasteiger charge is 2.40. The van der Waals surface area contributed by atoms with Crippen molar-refractivity contribution in [2.24, 2.45) is 5.73 Å². The lowest BCUT2D eigenvalue weighted by Gasteiger charge is -2.16. The molecule has 2 nitrogen and oxygen atoms in total. The Morgan fingerprint density at radius 2 is 2.00 bits per heavy atom. The fourth-order valence-corrected chi connectivity index (χ4v) is 1.88. The van der Waals surface area contributed by atoms with Gasteiger partial charge in [0, 0.05) is 5.56 Å². The van der Waals surface area contributed by atoms with Crippen LogP contribution in [0.25, 0.3) is 0 Å². The Morgan fingerprint density at radius 1 is 1.46 bits per heavy atom. The lowest BCUT2D eigenvalue weighted by molar-refractivity contribution is -0.149. The SMILES string of the molecule is Cc1csc(N)c1C(N)C(F)(F)F. The second-order valence-electron chi connectivity index (χ2n) is 2.72. The van der Waals surface area contributed by atoms with Crippen LogP contribution in [0.2, 0.25) is 0 Å². The molecular formula is C7H9F3N2S. The molecule has 1 unspecified atom stereocenters. The average molecular weight is 210 g/mol. The predicted octanol–water partition coefficient (Wildman–Crippen LogP) is 2.20. The number of rotatable bonds is 1. The maximum atomic E-state index is 12.2. The number of thiophene rings is 1. The van der Waals surface area contributed by atoms with Gasteiger partial charge in [-0.3, -0.25) is 0 Å². The number of alkyl halides is 3. The molecule has 0 saturated heterocycles. The Morgan fingerprint density at radius 3 is 2.31 bits per heavy atom. The number of anilines is 1. The van der Waals surface area contributed by atoms with Gasteiger partial charge in [-0.05, 0) is 17.9 Å². The molecule has 4 N–H and O–H groups in total. The van der Waals surface area contributed by atoms with E-state index in [4.69, 9.17) is 11.5 Å². The van der Waals surface area contributed by atoms with E-state index in [-0.39, 0.29) is 10.6 Å². The summed E-state index contributed by atoms with van der Waals surface area (Å²) in [6.45, 7) is 1.56. The van der Waals surface area contributed by atoms with Crippen LogP contribution in [0.3, 0.4) is 0 Å². The molecule has 1 heterocycles. The van der Waals surface area contributed by atoms with Crippen LogP contribution in [0.1, 0.15) is 17.2 Å². The highest BCUT2D eigenvalue weighted by Crippen LogP contribution is 2.37. The molecule has 0 aromatic carbocycles. The van der Waals surface area contributed by atoms with Crippen LogP contribution in [0, 0.1) is 6.92 Å². The number of nitrogen functional groups attached to an aromatic ring is 1. The van der Waals surface area contributed by atoms with E-state index in [0.717, 1.165) is 11.3 Å². The Balaban J connectivity index is 3.08. The Kier molecular flexibility index (Phi) is 2.53. The van der Waals surface area contributed by atoms with Crippen LogP contribution < -0.4 is 11.5 Å². The van der Waals surface area contributed by atoms with Crippen molar-refractivity contribution in [3.8, 4) is 0 Å². The summed E-state index contributed by atoms with van der Waals surface area (Å²) < 4.78 is 36.6. The minimum atomic E-state index is -4.43. The van der Waals surface area contributed by atoms with Gasteiger partial charge in [0.2, 0.25) is 0 Å². The van der Waals surface area contributed by atoms with E-state index in [0.29, 0.717) is 5.56 Å². The van der Waals surface area contributed by atoms with Crippen molar-refractivity contribution in [2.45, 2.75) is 19.1 Å². The van der Waals surface area contributed by atoms with E-state index < -0.39 is 12.2 Å². The lowest BCUT2D eigenvalue weighted by atomic mass is 10.1. The summed E-state index contributed by atoms with van der Waals surface area (Å²) >= 11 is 1.07. The third kappa shape index (κ3) is 1.94. The third-order valence-corrected chi connectivity index (χ3v) is 2.66. The van der Waals surface area contributed by atoms with Crippen molar-refractivity contribution < 1.29 is 13.2 Å². The first kappa shape index (κ1) is 10.3. The molecule has 1 atom stereocenters. The molecule has 6 heteroatoms. The summed E-state index contributed by atoms with van der Waals surface area (Å²) in [5, 5.41) is 1.71. The maximum Gasteiger partial charge on any atom is 0.407 e. The lowest BCUT2D eigenvalue weighted by Crippen LogP contribution is -2.29. The van der Waals surface area contributed by atoms with Gasteiger partial charge in [0.15, 0.2) is 0 Å². The number of nitrogens with two attached hydrogens (primary N) is 2. The molecular weight excluding hydrogens is 201 g/mol. The predicted molar refractivity (Wildman–Crippen MR) is 46.5 cm³/mol. The van der Waals surface area contributed by atoms with E-state index in [1.54, 1.807) is 12.3 Å². The van der Waals surface area contributed by atoms with Crippen LogP contribution in [0.4, 0.5) is 18.2 Å². The summed E-state index contributed by atoms with van der Waals surface area (Å²) in [4.78, 5) is 0. The summed E-state index contributed by atoms with van der Waals surface area (Å²) in [7, 11) is 0. The Bertz CT molecular complexity index is 286. The van der Waals surface area contributed by atoms with Crippen molar-refractivity contribution in [1.29, 1.82) is 0 Å². The van der Waals surface area contributed by atoms with Crippen LogP contribution in [0.5, 0.6) is 0 Å². The summed E-state index contributed by atoms with van der Waals surface area (Å²) in [6.07, 6.45) is -4.43. The smallest absolute Gasteiger partial charge is 0.390 e. The second-order valence-corrected chi connectivity index (χ2v) is 3.63. The van der Waals surface area contributed by atoms with Gasteiger partial charge < -0.3 is 11.5 Å². The topological polar surface area (TPSA) is 52.0 Å². The molecule has 0 spiro atoms. The van der Waals surface area contributed by atoms with Gasteiger partial charge in [0.25, 0.3) is 0 Å². The largest absolute Gasteiger partial charge is 0.407 e. The first-order valence-corrected chi connectivity index (χ1v) is 4.37. The van der Waals surface area contributed by atoms with E-state index in [1.807, 2.05) is 0 Å². The van der Waals surface area contributed by atoms with Gasteiger partial charge in [-0.1, -0.05) is 0 Å². The zero-order chi connectivity index (χ0) is 10.2. The van der Waals surface area contributed by atoms with Gasteiger partial charge in [-0.2, -0.15) is 13.2 Å². The fourth-order valence-electron chi connectivity index (χ4n) is 1.04. The van der Waals surface area contributed by atoms with Crippen molar-refractivity contribution >= 4 is 16.3 Å². The van der Waals surface area contributed by atoms with Crippen molar-refractivity contribution in [1.82, 2.24) is 0 Å². The van der Waals surface area contributed by atoms with E-state index in [1.165, 1.54) is 0 Å². The molecule has 0 radical (unpaired) electrons. The minimum Gasteiger partial charge on any atom is -0.390 e. The second kappa shape index (κ2) is 3.19. The fraction of sp³-hybridized carbons (Fsp3) is 0.429. The number of halogens is 3. The van der Waals surface area contributed by atoms with E-state index in [2.05, 4.69) is 0 Å². The van der Waals surface area contributed by atoms with Crippen molar-refractivity contribution in [3.63, 3.8) is 0 Å². The number of aryl methyl sites for hydroxylation is 1. The van der Waals surface area contributed by atoms with E-state index >= 15 is 0 Å². The Labute approximate surface area is 77.3 Å². The molecule has 0 amide bonds. The molecule has 0 aliphatic rings. The monoisotopic (exact) mass is 210 g/mol. The molecule has 0 aliphatic heterocycles. The highest BCUT2D eigenvalue weighted by atomic mass is 32.1. The average Bonchev–Trinajstić information content (AvgIpc) is 2.28. The Hall–Kier alpha value is -0.750. The first-order valence-electron chi connectivity index (χ1n) is 3.49. The molecule has 0 aliphatic carbocycles. The summed E-state index contributed by atoms with van der Waals surface area (Å²) in [5.41, 5.74) is 10.9. The molecule has 1 rings (SSSR count). The third-order valence-electron chi connectivity index (χ3n) is 1.72. The minimum absolute atomic E-state index is 0.00231. The van der Waals surface area contributed by atoms with Crippen LogP contribution in [-0.4, -0.2) is 6.18 Å². The molecule has 1 aromatic heterocycles. The number of hydrogen-bond donors (Lipinski definition) is 2. The summed E-state index contributed by atoms with van der Waals surface area (Å²) in [6, 6.07) is -1.97. The molecule has 13 heavy (non-hydrogen) atoms. The van der Waals surface area contributed by atoms with Crippen molar-refractivity contribution in [3.05, 3.63) is 16.5 Å². The van der Waals surface area contributed by atoms with Gasteiger partial charge in [-0.25, -0.2) is 0 Å². The summed E-state index contributed by atoms with van der Waals surface area (Å²) in [5.74, 6) is 0. The van der Waals surface area contributed by atoms with Gasteiger partial charge in [-0.15, -0.1) is 11.3 Å². The van der Waals surface area contributed by atoms with Gasteiger partial charge in [0.05, 0.1) is 5.00 Å². The molecule has 0 bridgehead atoms. The van der Waals surface area contributed by atoms with Crippen LogP contribution in [0.15, 0.2) is 5.38 Å². The van der Waals surface area contributed by atoms with Crippen LogP contribution in [-0.2, 0) is 0 Å². The number of hydrogen-bond acceptors (Lipinski definition) is 3. The maximum absolute atomic E-state index is 12.2. The van der Waals surface area contributed by atoms with Gasteiger partial charge in [0.1, 0.15) is 6.04 Å². The highest BCUT2D eigenvalue weighted by molar-refractivity contribution is 7.14. The molecule has 74 valence electrons. The van der Waals surface area contributed by atoms with Crippen molar-refractivity contribution in [2.75, 3.05) is 5.73 Å². The standard InChI is InChI=1S/C7H9F3N2S/c1-3-2-13-6(12)4(3)5(11)7(8,9)10/h2,5H,11-12H2,1H3. The zero-order valence-electron chi connectivity index (χ0n) is 6.85.